The van der Waals surface area contributed by atoms with Crippen molar-refractivity contribution in [3.05, 3.63) is 48.0 Å². The molecule has 0 saturated carbocycles. The fourth-order valence-corrected chi connectivity index (χ4v) is 2.48. The number of rotatable bonds is 7. The van der Waals surface area contributed by atoms with E-state index in [-0.39, 0.29) is 0 Å². The molecule has 2 aromatic rings. The van der Waals surface area contributed by atoms with Crippen LogP contribution < -0.4 is 10.1 Å². The van der Waals surface area contributed by atoms with Gasteiger partial charge in [0.1, 0.15) is 5.75 Å². The molecular formula is C18H21NOS2. The van der Waals surface area contributed by atoms with E-state index in [4.69, 9.17) is 17.0 Å². The van der Waals surface area contributed by atoms with Gasteiger partial charge in [-0.3, -0.25) is 0 Å². The quantitative estimate of drug-likeness (QED) is 0.293. The second-order valence-corrected chi connectivity index (χ2v) is 6.22. The van der Waals surface area contributed by atoms with E-state index in [1.165, 1.54) is 0 Å². The highest BCUT2D eigenvalue weighted by molar-refractivity contribution is 7.81. The van der Waals surface area contributed by atoms with Gasteiger partial charge in [0.25, 0.3) is 0 Å². The van der Waals surface area contributed by atoms with Gasteiger partial charge in [-0.15, -0.1) is 12.6 Å². The number of nitrogens with one attached hydrogen (secondary N) is 1. The average Bonchev–Trinajstić information content (AvgIpc) is 2.51. The molecule has 0 atom stereocenters. The zero-order valence-corrected chi connectivity index (χ0v) is 14.6. The Bertz CT molecular complexity index is 641. The van der Waals surface area contributed by atoms with Gasteiger partial charge in [0.15, 0.2) is 5.75 Å². The van der Waals surface area contributed by atoms with Crippen LogP contribution in [0, 0.1) is 0 Å². The Morgan fingerprint density at radius 1 is 1.23 bits per heavy atom. The molecule has 0 bridgehead atoms. The molecule has 0 aliphatic heterocycles. The second kappa shape index (κ2) is 8.20. The van der Waals surface area contributed by atoms with Gasteiger partial charge in [-0.25, -0.2) is 0 Å². The molecule has 0 amide bonds. The van der Waals surface area contributed by atoms with Crippen LogP contribution in [-0.2, 0) is 0 Å². The second-order valence-electron chi connectivity index (χ2n) is 5.12. The van der Waals surface area contributed by atoms with Gasteiger partial charge < -0.3 is 10.1 Å². The molecule has 22 heavy (non-hydrogen) atoms. The van der Waals surface area contributed by atoms with Gasteiger partial charge >= 0.3 is 0 Å². The Labute approximate surface area is 143 Å². The largest absolute Gasteiger partial charge is 0.454 e. The lowest BCUT2D eigenvalue weighted by Crippen LogP contribution is -2.05. The summed E-state index contributed by atoms with van der Waals surface area (Å²) < 4.78 is 6.02. The van der Waals surface area contributed by atoms with Crippen LogP contribution >= 0.6 is 24.8 Å². The number of hydrogen-bond acceptors (Lipinski definition) is 4. The Balaban J connectivity index is 2.34. The predicted octanol–water partition coefficient (Wildman–Crippen LogP) is 5.72. The first-order valence-corrected chi connectivity index (χ1v) is 8.32. The van der Waals surface area contributed by atoms with Crippen LogP contribution in [0.5, 0.6) is 11.5 Å². The van der Waals surface area contributed by atoms with Crippen molar-refractivity contribution in [2.24, 2.45) is 0 Å². The van der Waals surface area contributed by atoms with Gasteiger partial charge in [0.05, 0.1) is 5.69 Å². The zero-order chi connectivity index (χ0) is 15.9. The third-order valence-electron chi connectivity index (χ3n) is 3.28. The molecular weight excluding hydrogens is 310 g/mol. The average molecular weight is 332 g/mol. The van der Waals surface area contributed by atoms with Crippen molar-refractivity contribution in [1.82, 2.24) is 0 Å². The first-order valence-electron chi connectivity index (χ1n) is 7.46. The Hall–Kier alpha value is -1.52. The van der Waals surface area contributed by atoms with Crippen molar-refractivity contribution >= 4 is 35.4 Å². The summed E-state index contributed by atoms with van der Waals surface area (Å²) >= 11 is 9.87. The molecule has 0 aliphatic carbocycles. The molecule has 0 radical (unpaired) electrons. The highest BCUT2D eigenvalue weighted by Gasteiger charge is 2.12. The van der Waals surface area contributed by atoms with E-state index in [2.05, 4.69) is 24.9 Å². The number of thiol groups is 1. The van der Waals surface area contributed by atoms with Crippen molar-refractivity contribution in [2.75, 3.05) is 11.9 Å². The number of hydrogen-bond donors (Lipinski definition) is 2. The molecule has 1 N–H and O–H groups in total. The van der Waals surface area contributed by atoms with Gasteiger partial charge in [-0.1, -0.05) is 43.8 Å². The number of para-hydroxylation sites is 1. The number of ether oxygens (including phenoxy) is 1. The monoisotopic (exact) mass is 331 g/mol. The summed E-state index contributed by atoms with van der Waals surface area (Å²) in [6.45, 7) is 4.99. The van der Waals surface area contributed by atoms with Crippen molar-refractivity contribution in [2.45, 2.75) is 31.6 Å². The SMILES string of the molecule is CCCCNc1cc(C(C)=S)cc(S)c1Oc1ccccc1. The first kappa shape index (κ1) is 16.8. The summed E-state index contributed by atoms with van der Waals surface area (Å²) in [4.78, 5) is 1.63. The number of benzene rings is 2. The molecule has 0 aliphatic rings. The third-order valence-corrected chi connectivity index (χ3v) is 3.85. The number of unbranched alkanes of at least 4 members (excludes halogenated alkanes) is 1. The third kappa shape index (κ3) is 4.49. The summed E-state index contributed by atoms with van der Waals surface area (Å²) in [5.74, 6) is 1.54. The van der Waals surface area contributed by atoms with E-state index >= 15 is 0 Å². The molecule has 2 rings (SSSR count). The van der Waals surface area contributed by atoms with Crippen LogP contribution in [0.2, 0.25) is 0 Å². The summed E-state index contributed by atoms with van der Waals surface area (Å²) in [6, 6.07) is 13.7. The molecule has 2 aromatic carbocycles. The smallest absolute Gasteiger partial charge is 0.163 e. The maximum Gasteiger partial charge on any atom is 0.163 e. The van der Waals surface area contributed by atoms with Crippen LogP contribution in [0.4, 0.5) is 5.69 Å². The van der Waals surface area contributed by atoms with Gasteiger partial charge in [-0.05, 0) is 43.2 Å². The number of anilines is 1. The van der Waals surface area contributed by atoms with Crippen LogP contribution in [0.3, 0.4) is 0 Å². The molecule has 2 nitrogen and oxygen atoms in total. The molecule has 0 fully saturated rings. The van der Waals surface area contributed by atoms with Crippen molar-refractivity contribution < 1.29 is 4.74 Å². The topological polar surface area (TPSA) is 21.3 Å². The van der Waals surface area contributed by atoms with E-state index in [0.29, 0.717) is 0 Å². The standard InChI is InChI=1S/C18H21NOS2/c1-3-4-10-19-16-11-14(13(2)21)12-17(22)18(16)20-15-8-6-5-7-9-15/h5-9,11-12,19,22H,3-4,10H2,1-2H3. The zero-order valence-electron chi connectivity index (χ0n) is 12.9. The predicted molar refractivity (Wildman–Crippen MR) is 101 cm³/mol. The molecule has 0 heterocycles. The Morgan fingerprint density at radius 2 is 1.95 bits per heavy atom. The van der Waals surface area contributed by atoms with Crippen LogP contribution in [0.1, 0.15) is 32.3 Å². The van der Waals surface area contributed by atoms with Gasteiger partial charge in [0.2, 0.25) is 0 Å². The minimum Gasteiger partial charge on any atom is -0.454 e. The highest BCUT2D eigenvalue weighted by atomic mass is 32.1. The fourth-order valence-electron chi connectivity index (χ4n) is 2.06. The van der Waals surface area contributed by atoms with Crippen molar-refractivity contribution in [3.8, 4) is 11.5 Å². The Morgan fingerprint density at radius 3 is 2.59 bits per heavy atom. The van der Waals surface area contributed by atoms with Crippen LogP contribution in [-0.4, -0.2) is 11.4 Å². The van der Waals surface area contributed by atoms with E-state index in [1.807, 2.05) is 49.4 Å². The summed E-state index contributed by atoms with van der Waals surface area (Å²) in [5, 5.41) is 3.44. The van der Waals surface area contributed by atoms with Crippen LogP contribution in [0.15, 0.2) is 47.4 Å². The molecule has 0 saturated heterocycles. The van der Waals surface area contributed by atoms with Crippen molar-refractivity contribution in [3.63, 3.8) is 0 Å². The van der Waals surface area contributed by atoms with Crippen LogP contribution in [0.25, 0.3) is 0 Å². The summed E-state index contributed by atoms with van der Waals surface area (Å²) in [7, 11) is 0. The van der Waals surface area contributed by atoms with E-state index in [9.17, 15) is 0 Å². The molecule has 0 unspecified atom stereocenters. The minimum absolute atomic E-state index is 0.741. The fraction of sp³-hybridized carbons (Fsp3) is 0.278. The lowest BCUT2D eigenvalue weighted by Gasteiger charge is -2.16. The van der Waals surface area contributed by atoms with E-state index in [0.717, 1.165) is 51.9 Å². The lowest BCUT2D eigenvalue weighted by atomic mass is 10.1. The molecule has 0 aromatic heterocycles. The molecule has 116 valence electrons. The number of thiocarbonyl (C=S) groups is 1. The van der Waals surface area contributed by atoms with E-state index in [1.54, 1.807) is 0 Å². The summed E-state index contributed by atoms with van der Waals surface area (Å²) in [6.07, 6.45) is 2.25. The van der Waals surface area contributed by atoms with Gasteiger partial charge in [-0.2, -0.15) is 0 Å². The van der Waals surface area contributed by atoms with E-state index < -0.39 is 0 Å². The maximum atomic E-state index is 6.02. The van der Waals surface area contributed by atoms with Crippen molar-refractivity contribution in [1.29, 1.82) is 0 Å². The summed E-state index contributed by atoms with van der Waals surface area (Å²) in [5.41, 5.74) is 1.93. The lowest BCUT2D eigenvalue weighted by molar-refractivity contribution is 0.473. The normalized spacial score (nSPS) is 10.3. The molecule has 4 heteroatoms. The highest BCUT2D eigenvalue weighted by Crippen LogP contribution is 2.37. The first-order chi connectivity index (χ1) is 10.6. The van der Waals surface area contributed by atoms with Gasteiger partial charge in [0, 0.05) is 16.3 Å². The Kier molecular flexibility index (Phi) is 6.28. The molecule has 0 spiro atoms. The maximum absolute atomic E-state index is 6.02. The minimum atomic E-state index is 0.741.